The van der Waals surface area contributed by atoms with Crippen LogP contribution in [0.25, 0.3) is 21.9 Å². The number of primary amides is 1. The quantitative estimate of drug-likeness (QED) is 0.0999. The van der Waals surface area contributed by atoms with Gasteiger partial charge in [0.2, 0.25) is 18.2 Å². The largest absolute Gasteiger partial charge is 0.481 e. The fourth-order valence-electron chi connectivity index (χ4n) is 4.98. The molecule has 3 aromatic heterocycles. The molecule has 1 aliphatic heterocycles. The van der Waals surface area contributed by atoms with Gasteiger partial charge >= 0.3 is 5.97 Å². The lowest BCUT2D eigenvalue weighted by Crippen LogP contribution is -2.33. The Morgan fingerprint density at radius 3 is 2.25 bits per heavy atom. The number of ether oxygens (including phenoxy) is 1. The summed E-state index contributed by atoms with van der Waals surface area (Å²) in [6, 6.07) is 2.39. The van der Waals surface area contributed by atoms with Gasteiger partial charge in [0.25, 0.3) is 0 Å². The van der Waals surface area contributed by atoms with Crippen molar-refractivity contribution in [1.82, 2.24) is 24.4 Å². The summed E-state index contributed by atoms with van der Waals surface area (Å²) in [5.41, 5.74) is 10.6. The maximum Gasteiger partial charge on any atom is 0.307 e. The molecule has 12 nitrogen and oxygen atoms in total. The normalized spacial score (nSPS) is 16.2. The third kappa shape index (κ3) is 19.0. The molecule has 13 heteroatoms. The van der Waals surface area contributed by atoms with Crippen molar-refractivity contribution in [2.45, 2.75) is 91.5 Å². The van der Waals surface area contributed by atoms with Crippen LogP contribution in [-0.2, 0) is 21.4 Å². The van der Waals surface area contributed by atoms with Gasteiger partial charge in [0.1, 0.15) is 4.70 Å². The third-order valence-corrected chi connectivity index (χ3v) is 8.30. The second-order valence-corrected chi connectivity index (χ2v) is 12.3. The number of carbonyl (C=O) groups excluding carboxylic acids is 2. The smallest absolute Gasteiger partial charge is 0.307 e. The first-order valence-electron chi connectivity index (χ1n) is 17.6. The molecule has 1 aliphatic carbocycles. The number of thiophene rings is 1. The Morgan fingerprint density at radius 2 is 1.75 bits per heavy atom. The van der Waals surface area contributed by atoms with Crippen LogP contribution in [0.2, 0.25) is 0 Å². The van der Waals surface area contributed by atoms with E-state index in [0.29, 0.717) is 35.8 Å². The summed E-state index contributed by atoms with van der Waals surface area (Å²) in [5, 5.41) is 10.8. The van der Waals surface area contributed by atoms with Gasteiger partial charge in [-0.3, -0.25) is 14.4 Å². The second-order valence-electron chi connectivity index (χ2n) is 11.3. The maximum absolute atomic E-state index is 12.0. The molecule has 1 saturated heterocycles. The van der Waals surface area contributed by atoms with E-state index in [1.165, 1.54) is 0 Å². The molecule has 2 aliphatic rings. The molecule has 2 amide bonds. The van der Waals surface area contributed by atoms with Crippen LogP contribution in [0.5, 0.6) is 5.88 Å². The van der Waals surface area contributed by atoms with Crippen molar-refractivity contribution >= 4 is 39.8 Å². The fourth-order valence-corrected chi connectivity index (χ4v) is 5.77. The number of allylic oxidation sites excluding steroid dienone is 3. The number of rotatable bonds is 11. The van der Waals surface area contributed by atoms with Crippen LogP contribution in [-0.4, -0.2) is 67.5 Å². The Kier molecular flexibility index (Phi) is 28.4. The zero-order valence-corrected chi connectivity index (χ0v) is 33.1. The molecule has 0 spiro atoms. The number of aryl methyl sites for hydroxylation is 1. The number of hydrogen-bond donors (Lipinski definition) is 3. The molecule has 5 rings (SSSR count). The summed E-state index contributed by atoms with van der Waals surface area (Å²) in [6.45, 7) is 24.2. The number of imidazole rings is 1. The molecule has 2 fully saturated rings. The zero-order valence-electron chi connectivity index (χ0n) is 32.3. The number of nitrogens with zero attached hydrogens (tertiary/aromatic N) is 5. The van der Waals surface area contributed by atoms with Crippen LogP contribution in [0.1, 0.15) is 85.5 Å². The summed E-state index contributed by atoms with van der Waals surface area (Å²) < 4.78 is 8.13. The predicted octanol–water partition coefficient (Wildman–Crippen LogP) is 7.93. The van der Waals surface area contributed by atoms with E-state index in [4.69, 9.17) is 20.4 Å². The Labute approximate surface area is 315 Å². The number of unbranched alkanes of at least 4 members (excludes halogenated alkanes) is 4. The molecule has 3 aromatic rings. The van der Waals surface area contributed by atoms with Crippen molar-refractivity contribution in [2.24, 2.45) is 30.4 Å². The molecule has 3 unspecified atom stereocenters. The lowest BCUT2D eigenvalue weighted by molar-refractivity contribution is -0.138. The number of aliphatic carboxylic acids is 1. The van der Waals surface area contributed by atoms with E-state index in [2.05, 4.69) is 72.7 Å². The average Bonchev–Trinajstić information content (AvgIpc) is 3.40. The SMILES string of the molecule is C=C.C=C.C=C(C)N.CC.CC1CCCN1C(=O)CCCCCC/C=C\C1CC1C(=O)O.COc1nc(-c2nccn2C)nc2ccsc12.NC=O. The number of hydrogen-bond acceptors (Lipinski definition) is 9. The van der Waals surface area contributed by atoms with Gasteiger partial charge in [-0.05, 0) is 75.4 Å². The first kappa shape index (κ1) is 49.3. The summed E-state index contributed by atoms with van der Waals surface area (Å²) in [5.74, 6) is 1.73. The van der Waals surface area contributed by atoms with Crippen LogP contribution in [0.15, 0.2) is 74.6 Å². The maximum atomic E-state index is 12.0. The highest BCUT2D eigenvalue weighted by molar-refractivity contribution is 7.17. The van der Waals surface area contributed by atoms with Crippen molar-refractivity contribution in [3.8, 4) is 17.5 Å². The van der Waals surface area contributed by atoms with Crippen LogP contribution < -0.4 is 16.2 Å². The summed E-state index contributed by atoms with van der Waals surface area (Å²) in [6.07, 6.45) is 17.3. The van der Waals surface area contributed by atoms with Gasteiger partial charge in [-0.2, -0.15) is 4.98 Å². The van der Waals surface area contributed by atoms with E-state index in [1.54, 1.807) is 31.6 Å². The number of nitrogens with two attached hydrogens (primary N) is 2. The number of amides is 2. The highest BCUT2D eigenvalue weighted by atomic mass is 32.1. The molecule has 5 N–H and O–H groups in total. The Bertz CT molecular complexity index is 1470. The van der Waals surface area contributed by atoms with Gasteiger partial charge < -0.3 is 30.8 Å². The van der Waals surface area contributed by atoms with E-state index in [9.17, 15) is 9.59 Å². The minimum absolute atomic E-state index is 0.129. The molecule has 52 heavy (non-hydrogen) atoms. The van der Waals surface area contributed by atoms with Gasteiger partial charge in [-0.1, -0.05) is 45.4 Å². The van der Waals surface area contributed by atoms with E-state index in [1.807, 2.05) is 48.0 Å². The van der Waals surface area contributed by atoms with Crippen molar-refractivity contribution < 1.29 is 24.2 Å². The number of carboxylic acids is 1. The van der Waals surface area contributed by atoms with Crippen molar-refractivity contribution in [1.29, 1.82) is 0 Å². The zero-order chi connectivity index (χ0) is 40.1. The molecule has 1 saturated carbocycles. The number of methoxy groups -OCH3 is 1. The third-order valence-electron chi connectivity index (χ3n) is 7.41. The van der Waals surface area contributed by atoms with Crippen molar-refractivity contribution in [3.05, 3.63) is 74.6 Å². The van der Waals surface area contributed by atoms with Crippen molar-refractivity contribution in [2.75, 3.05) is 13.7 Å². The Morgan fingerprint density at radius 1 is 1.13 bits per heavy atom. The fraction of sp³-hybridized carbons (Fsp3) is 0.487. The summed E-state index contributed by atoms with van der Waals surface area (Å²) >= 11 is 1.57. The molecule has 4 heterocycles. The standard InChI is InChI=1S/C18H29NO3.C11H10N4OS.C3H7N.C2H6.2C2H4.CH3NO/c1-14-9-8-12-19(14)17(20)11-7-5-3-2-4-6-10-15-13-16(15)18(21)22;1-15-5-4-12-10(15)9-13-7-3-6-17-8(7)11(14-9)16-2;1-3(2)4;3*1-2;2-1-3/h6,10,14-16H,2-5,7-9,11-13H2,1H3,(H,21,22);3-6H,1-2H3;1,4H2,2H3;1-2H3;2*1-2H2;1H,(H2,2,3)/b10-6-;;;;;;. The van der Waals surface area contributed by atoms with Gasteiger partial charge in [0.05, 0.1) is 18.5 Å². The van der Waals surface area contributed by atoms with E-state index < -0.39 is 5.97 Å². The summed E-state index contributed by atoms with van der Waals surface area (Å²) in [4.78, 5) is 46.4. The Balaban J connectivity index is 0. The minimum Gasteiger partial charge on any atom is -0.481 e. The lowest BCUT2D eigenvalue weighted by atomic mass is 10.1. The predicted molar refractivity (Wildman–Crippen MR) is 216 cm³/mol. The van der Waals surface area contributed by atoms with Gasteiger partial charge in [0.15, 0.2) is 11.6 Å². The van der Waals surface area contributed by atoms with E-state index in [-0.39, 0.29) is 18.2 Å². The number of carbonyl (C=O) groups is 3. The second kappa shape index (κ2) is 29.9. The highest BCUT2D eigenvalue weighted by Crippen LogP contribution is 2.39. The molecular weight excluding hydrogens is 679 g/mol. The highest BCUT2D eigenvalue weighted by Gasteiger charge is 2.40. The van der Waals surface area contributed by atoms with Crippen molar-refractivity contribution in [3.63, 3.8) is 0 Å². The van der Waals surface area contributed by atoms with E-state index in [0.717, 1.165) is 74.0 Å². The number of carboxylic acid groups (broad SMARTS) is 1. The average molecular weight is 742 g/mol. The molecule has 0 aromatic carbocycles. The van der Waals surface area contributed by atoms with Crippen LogP contribution in [0.3, 0.4) is 0 Å². The van der Waals surface area contributed by atoms with Gasteiger partial charge in [-0.25, -0.2) is 9.97 Å². The van der Waals surface area contributed by atoms with Gasteiger partial charge in [-0.15, -0.1) is 37.7 Å². The number of likely N-dealkylation sites (tertiary alicyclic amines) is 1. The molecule has 290 valence electrons. The lowest BCUT2D eigenvalue weighted by Gasteiger charge is -2.21. The monoisotopic (exact) mass is 741 g/mol. The molecule has 0 radical (unpaired) electrons. The summed E-state index contributed by atoms with van der Waals surface area (Å²) in [7, 11) is 3.53. The molecule has 0 bridgehead atoms. The van der Waals surface area contributed by atoms with Crippen LogP contribution in [0.4, 0.5) is 0 Å². The van der Waals surface area contributed by atoms with Crippen LogP contribution in [0, 0.1) is 11.8 Å². The topological polar surface area (TPSA) is 180 Å². The first-order chi connectivity index (χ1) is 25.0. The first-order valence-corrected chi connectivity index (χ1v) is 18.4. The Hall–Kier alpha value is -4.78. The number of fused-ring (bicyclic) bond motifs is 1. The minimum atomic E-state index is -0.661. The van der Waals surface area contributed by atoms with E-state index >= 15 is 0 Å². The molecular formula is C39H63N7O5S. The van der Waals surface area contributed by atoms with Gasteiger partial charge in [0, 0.05) is 38.4 Å². The van der Waals surface area contributed by atoms with Crippen LogP contribution >= 0.6 is 11.3 Å². The number of aromatic nitrogens is 4. The molecule has 3 atom stereocenters.